The summed E-state index contributed by atoms with van der Waals surface area (Å²) < 4.78 is 16.9. The lowest BCUT2D eigenvalue weighted by atomic mass is 10.1. The molecule has 1 unspecified atom stereocenters. The van der Waals surface area contributed by atoms with Crippen molar-refractivity contribution in [2.75, 3.05) is 13.2 Å². The first kappa shape index (κ1) is 74.5. The minimum atomic E-state index is -0.802. The van der Waals surface area contributed by atoms with E-state index in [-0.39, 0.29) is 31.1 Å². The average Bonchev–Trinajstić information content (AvgIpc) is 3.45. The maximum absolute atomic E-state index is 12.9. The summed E-state index contributed by atoms with van der Waals surface area (Å²) in [6.07, 6.45) is 93.1. The molecule has 0 N–H and O–H groups in total. The Hall–Kier alpha value is -4.45. The lowest BCUT2D eigenvalue weighted by Crippen LogP contribution is -2.30. The van der Waals surface area contributed by atoms with E-state index in [2.05, 4.69) is 154 Å². The Bertz CT molecular complexity index is 1680. The van der Waals surface area contributed by atoms with E-state index >= 15 is 0 Å². The van der Waals surface area contributed by atoms with Crippen LogP contribution in [0.4, 0.5) is 0 Å². The van der Waals surface area contributed by atoms with Gasteiger partial charge in [0, 0.05) is 19.3 Å². The molecule has 0 saturated carbocycles. The van der Waals surface area contributed by atoms with Gasteiger partial charge in [0.25, 0.3) is 0 Å². The number of allylic oxidation sites excluding steroid dienone is 22. The molecule has 0 spiro atoms. The standard InChI is InChI=1S/C73H120O6/c1-4-7-10-13-16-19-22-25-28-31-32-33-34-35-36-37-38-39-40-43-45-48-51-54-57-60-63-66-72(75)78-69-70(79-73(76)67-64-61-58-55-52-49-46-42-30-27-24-21-18-15-12-9-6-3)68-77-71(74)65-62-59-56-53-50-47-44-41-29-26-23-20-17-14-11-8-5-2/h7,9-10,12,16,18-19,21,25-30,32-33,35-36,38-39,46,49,70H,4-6,8,11,13-15,17,20,22-24,31,34,37,40-45,47-48,50-69H2,1-3H3/b10-7-,12-9-,19-16-,21-18-,28-25-,29-26-,30-27-,33-32-,36-35-,39-38-,49-46-. The third-order valence-electron chi connectivity index (χ3n) is 13.6. The fraction of sp³-hybridized carbons (Fsp3) is 0.658. The van der Waals surface area contributed by atoms with Crippen molar-refractivity contribution in [2.24, 2.45) is 0 Å². The smallest absolute Gasteiger partial charge is 0.306 e. The minimum absolute atomic E-state index is 0.0957. The summed E-state index contributed by atoms with van der Waals surface area (Å²) in [4.78, 5) is 38.4. The molecular formula is C73H120O6. The average molecular weight is 1090 g/mol. The zero-order valence-electron chi connectivity index (χ0n) is 51.3. The molecule has 0 rings (SSSR count). The normalized spacial score (nSPS) is 13.0. The van der Waals surface area contributed by atoms with E-state index in [0.29, 0.717) is 19.3 Å². The van der Waals surface area contributed by atoms with Crippen LogP contribution >= 0.6 is 0 Å². The molecule has 0 saturated heterocycles. The minimum Gasteiger partial charge on any atom is -0.462 e. The molecule has 0 aromatic carbocycles. The number of hydrogen-bond donors (Lipinski definition) is 0. The number of carbonyl (C=O) groups is 3. The van der Waals surface area contributed by atoms with E-state index in [0.717, 1.165) is 141 Å². The molecule has 0 aliphatic carbocycles. The zero-order valence-corrected chi connectivity index (χ0v) is 51.3. The summed E-state index contributed by atoms with van der Waals surface area (Å²) in [7, 11) is 0. The molecule has 0 bridgehead atoms. The highest BCUT2D eigenvalue weighted by atomic mass is 16.6. The van der Waals surface area contributed by atoms with Gasteiger partial charge in [0.1, 0.15) is 13.2 Å². The molecule has 0 aliphatic rings. The first-order valence-corrected chi connectivity index (χ1v) is 32.7. The molecule has 6 nitrogen and oxygen atoms in total. The first-order chi connectivity index (χ1) is 39.0. The Morgan fingerprint density at radius 1 is 0.266 bits per heavy atom. The predicted molar refractivity (Wildman–Crippen MR) is 343 cm³/mol. The van der Waals surface area contributed by atoms with E-state index in [1.165, 1.54) is 109 Å². The fourth-order valence-corrected chi connectivity index (χ4v) is 8.79. The van der Waals surface area contributed by atoms with Crippen LogP contribution in [0.5, 0.6) is 0 Å². The van der Waals surface area contributed by atoms with Crippen LogP contribution in [0.15, 0.2) is 134 Å². The van der Waals surface area contributed by atoms with E-state index in [9.17, 15) is 14.4 Å². The highest BCUT2D eigenvalue weighted by Crippen LogP contribution is 2.15. The number of unbranched alkanes of at least 4 members (excludes halogenated alkanes) is 25. The molecule has 6 heteroatoms. The van der Waals surface area contributed by atoms with Gasteiger partial charge in [0.05, 0.1) is 0 Å². The van der Waals surface area contributed by atoms with Crippen LogP contribution in [0.1, 0.15) is 290 Å². The summed E-state index contributed by atoms with van der Waals surface area (Å²) in [5.41, 5.74) is 0. The van der Waals surface area contributed by atoms with Crippen molar-refractivity contribution in [3.8, 4) is 0 Å². The van der Waals surface area contributed by atoms with Crippen LogP contribution < -0.4 is 0 Å². The van der Waals surface area contributed by atoms with E-state index in [4.69, 9.17) is 14.2 Å². The largest absolute Gasteiger partial charge is 0.462 e. The molecule has 0 aromatic rings. The van der Waals surface area contributed by atoms with Gasteiger partial charge in [-0.1, -0.05) is 270 Å². The molecule has 0 aromatic heterocycles. The van der Waals surface area contributed by atoms with Crippen molar-refractivity contribution in [1.82, 2.24) is 0 Å². The van der Waals surface area contributed by atoms with Gasteiger partial charge in [0.15, 0.2) is 6.10 Å². The van der Waals surface area contributed by atoms with Gasteiger partial charge in [-0.15, -0.1) is 0 Å². The molecule has 0 heterocycles. The van der Waals surface area contributed by atoms with Crippen molar-refractivity contribution in [3.63, 3.8) is 0 Å². The van der Waals surface area contributed by atoms with Gasteiger partial charge in [-0.05, 0) is 135 Å². The highest BCUT2D eigenvalue weighted by Gasteiger charge is 2.19. The van der Waals surface area contributed by atoms with Crippen LogP contribution in [0.2, 0.25) is 0 Å². The van der Waals surface area contributed by atoms with Gasteiger partial charge in [-0.2, -0.15) is 0 Å². The highest BCUT2D eigenvalue weighted by molar-refractivity contribution is 5.71. The molecular weight excluding hydrogens is 973 g/mol. The Balaban J connectivity index is 4.41. The summed E-state index contributed by atoms with van der Waals surface area (Å²) >= 11 is 0. The molecule has 0 radical (unpaired) electrons. The first-order valence-electron chi connectivity index (χ1n) is 32.7. The van der Waals surface area contributed by atoms with Gasteiger partial charge in [0.2, 0.25) is 0 Å². The summed E-state index contributed by atoms with van der Waals surface area (Å²) in [5, 5.41) is 0. The Morgan fingerprint density at radius 2 is 0.494 bits per heavy atom. The molecule has 448 valence electrons. The van der Waals surface area contributed by atoms with Gasteiger partial charge in [-0.25, -0.2) is 0 Å². The number of rotatable bonds is 58. The lowest BCUT2D eigenvalue weighted by molar-refractivity contribution is -0.167. The third-order valence-corrected chi connectivity index (χ3v) is 13.6. The van der Waals surface area contributed by atoms with Gasteiger partial charge < -0.3 is 14.2 Å². The predicted octanol–water partition coefficient (Wildman–Crippen LogP) is 22.5. The molecule has 0 aliphatic heterocycles. The van der Waals surface area contributed by atoms with Gasteiger partial charge >= 0.3 is 17.9 Å². The van der Waals surface area contributed by atoms with Crippen molar-refractivity contribution in [3.05, 3.63) is 134 Å². The van der Waals surface area contributed by atoms with E-state index in [1.54, 1.807) is 0 Å². The van der Waals surface area contributed by atoms with Crippen molar-refractivity contribution >= 4 is 17.9 Å². The van der Waals surface area contributed by atoms with Crippen LogP contribution in [-0.2, 0) is 28.6 Å². The van der Waals surface area contributed by atoms with Crippen LogP contribution in [0.25, 0.3) is 0 Å². The van der Waals surface area contributed by atoms with E-state index in [1.807, 2.05) is 0 Å². The number of esters is 3. The van der Waals surface area contributed by atoms with E-state index < -0.39 is 6.10 Å². The van der Waals surface area contributed by atoms with Crippen molar-refractivity contribution in [1.29, 1.82) is 0 Å². The van der Waals surface area contributed by atoms with Crippen molar-refractivity contribution in [2.45, 2.75) is 297 Å². The van der Waals surface area contributed by atoms with Crippen molar-refractivity contribution < 1.29 is 28.6 Å². The second kappa shape index (κ2) is 66.1. The van der Waals surface area contributed by atoms with Crippen LogP contribution in [-0.4, -0.2) is 37.2 Å². The Kier molecular flexibility index (Phi) is 62.3. The maximum atomic E-state index is 12.9. The molecule has 1 atom stereocenters. The quantitative estimate of drug-likeness (QED) is 0.0261. The topological polar surface area (TPSA) is 78.9 Å². The summed E-state index contributed by atoms with van der Waals surface area (Å²) in [5.74, 6) is -0.929. The number of carbonyl (C=O) groups excluding carboxylic acids is 3. The van der Waals surface area contributed by atoms with Crippen LogP contribution in [0.3, 0.4) is 0 Å². The molecule has 0 amide bonds. The van der Waals surface area contributed by atoms with Crippen LogP contribution in [0, 0.1) is 0 Å². The lowest BCUT2D eigenvalue weighted by Gasteiger charge is -2.18. The molecule has 79 heavy (non-hydrogen) atoms. The maximum Gasteiger partial charge on any atom is 0.306 e. The fourth-order valence-electron chi connectivity index (χ4n) is 8.79. The third kappa shape index (κ3) is 64.3. The summed E-state index contributed by atoms with van der Waals surface area (Å²) in [6, 6.07) is 0. The zero-order chi connectivity index (χ0) is 57.1. The summed E-state index contributed by atoms with van der Waals surface area (Å²) in [6.45, 7) is 6.39. The monoisotopic (exact) mass is 1090 g/mol. The second-order valence-electron chi connectivity index (χ2n) is 21.3. The second-order valence-corrected chi connectivity index (χ2v) is 21.3. The number of ether oxygens (including phenoxy) is 3. The van der Waals surface area contributed by atoms with Gasteiger partial charge in [-0.3, -0.25) is 14.4 Å². The number of hydrogen-bond acceptors (Lipinski definition) is 6. The molecule has 0 fully saturated rings. The SMILES string of the molecule is CC/C=C\C/C=C\C/C=C\C/C=C\C/C=C\C/C=C\CCCCCCCCCCC(=O)OCC(COC(=O)CCCCCCCCC/C=C\CCCCCCCC)OC(=O)CCCCCC/C=C\C/C=C\C/C=C\C/C=C\CC. The Morgan fingerprint density at radius 3 is 0.785 bits per heavy atom. The Labute approximate surface area is 487 Å².